The maximum atomic E-state index is 12.3. The standard InChI is InChI=1S/C16H23N3O2/c1-5-18(6-2)16(21)10-19-14-8-12(4)11(3)7-13(14)17-9-15(19)20/h7-8,17H,5-6,9-10H2,1-4H3. The van der Waals surface area contributed by atoms with E-state index in [2.05, 4.69) is 5.32 Å². The van der Waals surface area contributed by atoms with Crippen molar-refractivity contribution in [2.45, 2.75) is 27.7 Å². The Hall–Kier alpha value is -2.04. The minimum atomic E-state index is -0.0636. The summed E-state index contributed by atoms with van der Waals surface area (Å²) in [6.07, 6.45) is 0. The monoisotopic (exact) mass is 289 g/mol. The number of likely N-dealkylation sites (N-methyl/N-ethyl adjacent to an activating group) is 1. The predicted octanol–water partition coefficient (Wildman–Crippen LogP) is 1.93. The van der Waals surface area contributed by atoms with Gasteiger partial charge in [0.25, 0.3) is 0 Å². The first-order chi connectivity index (χ1) is 9.97. The van der Waals surface area contributed by atoms with Crippen molar-refractivity contribution < 1.29 is 9.59 Å². The molecule has 5 nitrogen and oxygen atoms in total. The molecule has 1 aliphatic heterocycles. The zero-order valence-electron chi connectivity index (χ0n) is 13.2. The lowest BCUT2D eigenvalue weighted by Crippen LogP contribution is -2.47. The van der Waals surface area contributed by atoms with Crippen LogP contribution in [0, 0.1) is 13.8 Å². The van der Waals surface area contributed by atoms with Crippen molar-refractivity contribution in [3.63, 3.8) is 0 Å². The molecule has 1 aromatic carbocycles. The average molecular weight is 289 g/mol. The highest BCUT2D eigenvalue weighted by Crippen LogP contribution is 2.32. The smallest absolute Gasteiger partial charge is 0.246 e. The number of fused-ring (bicyclic) bond motifs is 1. The van der Waals surface area contributed by atoms with Gasteiger partial charge in [0.15, 0.2) is 0 Å². The Labute approximate surface area is 125 Å². The summed E-state index contributed by atoms with van der Waals surface area (Å²) in [5.74, 6) is -0.0781. The number of aryl methyl sites for hydroxylation is 2. The molecule has 0 atom stereocenters. The molecule has 0 spiro atoms. The molecule has 1 aliphatic rings. The van der Waals surface area contributed by atoms with Gasteiger partial charge in [0.2, 0.25) is 11.8 Å². The molecule has 0 radical (unpaired) electrons. The van der Waals surface area contributed by atoms with Crippen molar-refractivity contribution in [1.29, 1.82) is 0 Å². The van der Waals surface area contributed by atoms with Crippen LogP contribution in [0.25, 0.3) is 0 Å². The molecule has 2 amide bonds. The van der Waals surface area contributed by atoms with Crippen LogP contribution in [-0.2, 0) is 9.59 Å². The number of carbonyl (C=O) groups excluding carboxylic acids is 2. The van der Waals surface area contributed by atoms with Crippen LogP contribution >= 0.6 is 0 Å². The number of carbonyl (C=O) groups is 2. The maximum absolute atomic E-state index is 12.3. The fourth-order valence-corrected chi connectivity index (χ4v) is 2.55. The van der Waals surface area contributed by atoms with E-state index < -0.39 is 0 Å². The molecule has 5 heteroatoms. The summed E-state index contributed by atoms with van der Waals surface area (Å²) in [5, 5.41) is 3.12. The summed E-state index contributed by atoms with van der Waals surface area (Å²) in [6, 6.07) is 4.01. The number of hydrogen-bond acceptors (Lipinski definition) is 3. The number of amides is 2. The molecule has 0 fully saturated rings. The summed E-state index contributed by atoms with van der Waals surface area (Å²) in [4.78, 5) is 27.8. The van der Waals surface area contributed by atoms with Gasteiger partial charge in [0, 0.05) is 13.1 Å². The van der Waals surface area contributed by atoms with Gasteiger partial charge < -0.3 is 10.2 Å². The first-order valence-corrected chi connectivity index (χ1v) is 7.41. The Bertz CT molecular complexity index is 565. The SMILES string of the molecule is CCN(CC)C(=O)CN1C(=O)CNc2cc(C)c(C)cc21. The molecular formula is C16H23N3O2. The van der Waals surface area contributed by atoms with Crippen molar-refractivity contribution in [2.75, 3.05) is 36.4 Å². The average Bonchev–Trinajstić information content (AvgIpc) is 2.45. The summed E-state index contributed by atoms with van der Waals surface area (Å²) in [6.45, 7) is 9.62. The lowest BCUT2D eigenvalue weighted by Gasteiger charge is -2.32. The normalized spacial score (nSPS) is 13.7. The second-order valence-corrected chi connectivity index (χ2v) is 5.35. The molecule has 0 aromatic heterocycles. The van der Waals surface area contributed by atoms with Gasteiger partial charge in [-0.3, -0.25) is 14.5 Å². The third kappa shape index (κ3) is 3.01. The molecule has 0 saturated heterocycles. The van der Waals surface area contributed by atoms with E-state index in [1.54, 1.807) is 9.80 Å². The topological polar surface area (TPSA) is 52.7 Å². The second kappa shape index (κ2) is 6.16. The largest absolute Gasteiger partial charge is 0.374 e. The van der Waals surface area contributed by atoms with E-state index >= 15 is 0 Å². The Morgan fingerprint density at radius 2 is 1.86 bits per heavy atom. The summed E-state index contributed by atoms with van der Waals surface area (Å²) in [7, 11) is 0. The Balaban J connectivity index is 2.30. The first-order valence-electron chi connectivity index (χ1n) is 7.41. The predicted molar refractivity (Wildman–Crippen MR) is 84.7 cm³/mol. The molecule has 0 unspecified atom stereocenters. The van der Waals surface area contributed by atoms with Crippen LogP contribution < -0.4 is 10.2 Å². The zero-order valence-corrected chi connectivity index (χ0v) is 13.2. The highest BCUT2D eigenvalue weighted by atomic mass is 16.2. The summed E-state index contributed by atoms with van der Waals surface area (Å²) < 4.78 is 0. The Kier molecular flexibility index (Phi) is 4.50. The quantitative estimate of drug-likeness (QED) is 0.921. The van der Waals surface area contributed by atoms with Gasteiger partial charge in [-0.1, -0.05) is 0 Å². The highest BCUT2D eigenvalue weighted by Gasteiger charge is 2.27. The molecule has 114 valence electrons. The van der Waals surface area contributed by atoms with Gasteiger partial charge in [-0.15, -0.1) is 0 Å². The third-order valence-electron chi connectivity index (χ3n) is 4.04. The Morgan fingerprint density at radius 1 is 1.24 bits per heavy atom. The van der Waals surface area contributed by atoms with E-state index in [0.717, 1.165) is 16.9 Å². The van der Waals surface area contributed by atoms with Gasteiger partial charge in [-0.2, -0.15) is 0 Å². The van der Waals surface area contributed by atoms with Gasteiger partial charge in [-0.05, 0) is 51.0 Å². The molecule has 1 aromatic rings. The minimum Gasteiger partial charge on any atom is -0.374 e. The molecule has 2 rings (SSSR count). The van der Waals surface area contributed by atoms with Crippen LogP contribution in [0.2, 0.25) is 0 Å². The molecule has 0 saturated carbocycles. The molecule has 21 heavy (non-hydrogen) atoms. The fourth-order valence-electron chi connectivity index (χ4n) is 2.55. The van der Waals surface area contributed by atoms with Crippen LogP contribution in [0.1, 0.15) is 25.0 Å². The van der Waals surface area contributed by atoms with Gasteiger partial charge in [0.1, 0.15) is 6.54 Å². The van der Waals surface area contributed by atoms with E-state index in [9.17, 15) is 9.59 Å². The second-order valence-electron chi connectivity index (χ2n) is 5.35. The molecule has 0 aliphatic carbocycles. The number of nitrogens with zero attached hydrogens (tertiary/aromatic N) is 2. The van der Waals surface area contributed by atoms with E-state index in [-0.39, 0.29) is 24.9 Å². The van der Waals surface area contributed by atoms with Crippen LogP contribution in [0.5, 0.6) is 0 Å². The van der Waals surface area contributed by atoms with E-state index in [0.29, 0.717) is 13.1 Å². The van der Waals surface area contributed by atoms with Gasteiger partial charge in [-0.25, -0.2) is 0 Å². The van der Waals surface area contributed by atoms with E-state index in [1.165, 1.54) is 5.56 Å². The fraction of sp³-hybridized carbons (Fsp3) is 0.500. The lowest BCUT2D eigenvalue weighted by molar-refractivity contribution is -0.130. The van der Waals surface area contributed by atoms with Gasteiger partial charge in [0.05, 0.1) is 17.9 Å². The molecular weight excluding hydrogens is 266 g/mol. The number of anilines is 2. The number of hydrogen-bond donors (Lipinski definition) is 1. The number of rotatable bonds is 4. The van der Waals surface area contributed by atoms with Crippen molar-refractivity contribution in [1.82, 2.24) is 4.90 Å². The lowest BCUT2D eigenvalue weighted by atomic mass is 10.1. The van der Waals surface area contributed by atoms with Crippen LogP contribution in [0.4, 0.5) is 11.4 Å². The summed E-state index contributed by atoms with van der Waals surface area (Å²) in [5.41, 5.74) is 4.01. The van der Waals surface area contributed by atoms with E-state index in [4.69, 9.17) is 0 Å². The maximum Gasteiger partial charge on any atom is 0.246 e. The van der Waals surface area contributed by atoms with Crippen LogP contribution in [-0.4, -0.2) is 42.9 Å². The van der Waals surface area contributed by atoms with Crippen molar-refractivity contribution >= 4 is 23.2 Å². The van der Waals surface area contributed by atoms with Crippen LogP contribution in [0.3, 0.4) is 0 Å². The summed E-state index contributed by atoms with van der Waals surface area (Å²) >= 11 is 0. The van der Waals surface area contributed by atoms with Crippen molar-refractivity contribution in [2.24, 2.45) is 0 Å². The van der Waals surface area contributed by atoms with Crippen molar-refractivity contribution in [3.8, 4) is 0 Å². The minimum absolute atomic E-state index is 0.0144. The molecule has 0 bridgehead atoms. The van der Waals surface area contributed by atoms with Crippen LogP contribution in [0.15, 0.2) is 12.1 Å². The number of nitrogens with one attached hydrogen (secondary N) is 1. The number of benzene rings is 1. The molecule has 1 heterocycles. The molecule has 1 N–H and O–H groups in total. The third-order valence-corrected chi connectivity index (χ3v) is 4.04. The van der Waals surface area contributed by atoms with E-state index in [1.807, 2.05) is 39.8 Å². The highest BCUT2D eigenvalue weighted by molar-refractivity contribution is 6.06. The Morgan fingerprint density at radius 3 is 2.48 bits per heavy atom. The zero-order chi connectivity index (χ0) is 15.6. The van der Waals surface area contributed by atoms with Gasteiger partial charge >= 0.3 is 0 Å². The first kappa shape index (κ1) is 15.4. The van der Waals surface area contributed by atoms with Crippen molar-refractivity contribution in [3.05, 3.63) is 23.3 Å².